The third-order valence-electron chi connectivity index (χ3n) is 4.86. The average molecular weight is 326 g/mol. The van der Waals surface area contributed by atoms with E-state index >= 15 is 0 Å². The summed E-state index contributed by atoms with van der Waals surface area (Å²) in [6, 6.07) is 10.5. The summed E-state index contributed by atoms with van der Waals surface area (Å²) in [4.78, 5) is 19.4. The Bertz CT molecular complexity index is 672. The summed E-state index contributed by atoms with van der Waals surface area (Å²) in [5, 5.41) is 0. The number of benzene rings is 1. The van der Waals surface area contributed by atoms with Gasteiger partial charge in [0.25, 0.3) is 0 Å². The molecule has 1 saturated heterocycles. The number of rotatable bonds is 5. The lowest BCUT2D eigenvalue weighted by molar-refractivity contribution is -0.133. The van der Waals surface area contributed by atoms with Crippen LogP contribution in [0.15, 0.2) is 48.8 Å². The maximum absolute atomic E-state index is 13.3. The molecule has 2 atom stereocenters. The van der Waals surface area contributed by atoms with Crippen LogP contribution < -0.4 is 0 Å². The topological polar surface area (TPSA) is 33.2 Å². The minimum absolute atomic E-state index is 0.148. The number of aromatic nitrogens is 1. The monoisotopic (exact) mass is 326 g/mol. The molecule has 1 aromatic heterocycles. The van der Waals surface area contributed by atoms with Crippen molar-refractivity contribution in [3.05, 3.63) is 65.7 Å². The fourth-order valence-electron chi connectivity index (χ4n) is 3.55. The van der Waals surface area contributed by atoms with Gasteiger partial charge in [-0.3, -0.25) is 9.78 Å². The van der Waals surface area contributed by atoms with Crippen LogP contribution in [0.25, 0.3) is 0 Å². The number of likely N-dealkylation sites (tertiary alicyclic amines) is 1. The van der Waals surface area contributed by atoms with Crippen LogP contribution in [0, 0.1) is 5.82 Å². The largest absolute Gasteiger partial charge is 0.339 e. The van der Waals surface area contributed by atoms with E-state index in [4.69, 9.17) is 0 Å². The summed E-state index contributed by atoms with van der Waals surface area (Å²) in [6.45, 7) is 2.95. The molecule has 0 bridgehead atoms. The first kappa shape index (κ1) is 16.6. The van der Waals surface area contributed by atoms with E-state index in [1.807, 2.05) is 17.0 Å². The first-order valence-corrected chi connectivity index (χ1v) is 8.64. The molecule has 0 aliphatic carbocycles. The summed E-state index contributed by atoms with van der Waals surface area (Å²) < 4.78 is 13.3. The number of halogens is 1. The third-order valence-corrected chi connectivity index (χ3v) is 4.86. The van der Waals surface area contributed by atoms with Gasteiger partial charge in [-0.15, -0.1) is 0 Å². The molecule has 126 valence electrons. The molecule has 1 amide bonds. The molecule has 1 aliphatic rings. The maximum atomic E-state index is 13.3. The zero-order chi connectivity index (χ0) is 16.9. The van der Waals surface area contributed by atoms with Gasteiger partial charge in [-0.1, -0.05) is 25.1 Å². The Kier molecular flexibility index (Phi) is 5.24. The van der Waals surface area contributed by atoms with Crippen LogP contribution in [-0.2, 0) is 11.2 Å². The van der Waals surface area contributed by atoms with Crippen molar-refractivity contribution in [2.45, 2.75) is 44.6 Å². The van der Waals surface area contributed by atoms with Gasteiger partial charge >= 0.3 is 0 Å². The van der Waals surface area contributed by atoms with Gasteiger partial charge in [0.05, 0.1) is 5.92 Å². The lowest BCUT2D eigenvalue weighted by Crippen LogP contribution is -2.39. The summed E-state index contributed by atoms with van der Waals surface area (Å²) >= 11 is 0. The Hall–Kier alpha value is -2.23. The van der Waals surface area contributed by atoms with Gasteiger partial charge < -0.3 is 4.90 Å². The van der Waals surface area contributed by atoms with Crippen molar-refractivity contribution in [1.82, 2.24) is 9.88 Å². The SMILES string of the molecule is CCC1CCCN1C(=O)C(Cc1cccnc1)c1ccc(F)cc1. The van der Waals surface area contributed by atoms with E-state index in [0.29, 0.717) is 12.5 Å². The second kappa shape index (κ2) is 7.56. The van der Waals surface area contributed by atoms with Gasteiger partial charge in [-0.2, -0.15) is 0 Å². The van der Waals surface area contributed by atoms with Crippen molar-refractivity contribution < 1.29 is 9.18 Å². The molecular weight excluding hydrogens is 303 g/mol. The van der Waals surface area contributed by atoms with Gasteiger partial charge in [0.15, 0.2) is 0 Å². The molecule has 3 nitrogen and oxygen atoms in total. The van der Waals surface area contributed by atoms with Crippen LogP contribution in [-0.4, -0.2) is 28.4 Å². The number of nitrogens with zero attached hydrogens (tertiary/aromatic N) is 2. The van der Waals surface area contributed by atoms with Crippen molar-refractivity contribution in [2.24, 2.45) is 0 Å². The van der Waals surface area contributed by atoms with Crippen LogP contribution in [0.2, 0.25) is 0 Å². The summed E-state index contributed by atoms with van der Waals surface area (Å²) in [5.74, 6) is -0.421. The molecule has 2 unspecified atom stereocenters. The highest BCUT2D eigenvalue weighted by atomic mass is 19.1. The normalized spacial score (nSPS) is 18.6. The molecule has 0 saturated carbocycles. The highest BCUT2D eigenvalue weighted by molar-refractivity contribution is 5.84. The minimum atomic E-state index is -0.290. The Labute approximate surface area is 142 Å². The van der Waals surface area contributed by atoms with Crippen LogP contribution in [0.3, 0.4) is 0 Å². The number of amides is 1. The van der Waals surface area contributed by atoms with Crippen molar-refractivity contribution in [3.8, 4) is 0 Å². The molecule has 3 rings (SSSR count). The second-order valence-corrected chi connectivity index (χ2v) is 6.41. The second-order valence-electron chi connectivity index (χ2n) is 6.41. The van der Waals surface area contributed by atoms with E-state index < -0.39 is 0 Å². The highest BCUT2D eigenvalue weighted by Gasteiger charge is 2.33. The van der Waals surface area contributed by atoms with Crippen molar-refractivity contribution in [1.29, 1.82) is 0 Å². The molecule has 0 spiro atoms. The van der Waals surface area contributed by atoms with E-state index in [-0.39, 0.29) is 17.6 Å². The molecule has 0 radical (unpaired) electrons. The van der Waals surface area contributed by atoms with Gasteiger partial charge in [0.2, 0.25) is 5.91 Å². The number of pyridine rings is 1. The molecule has 24 heavy (non-hydrogen) atoms. The van der Waals surface area contributed by atoms with Crippen LogP contribution >= 0.6 is 0 Å². The number of hydrogen-bond donors (Lipinski definition) is 0. The van der Waals surface area contributed by atoms with Crippen LogP contribution in [0.4, 0.5) is 4.39 Å². The van der Waals surface area contributed by atoms with E-state index in [0.717, 1.165) is 36.9 Å². The molecule has 2 heterocycles. The standard InChI is InChI=1S/C20H23FN2O/c1-2-18-6-4-12-23(18)20(24)19(13-15-5-3-11-22-14-15)16-7-9-17(21)10-8-16/h3,5,7-11,14,18-19H,2,4,6,12-13H2,1H3. The zero-order valence-corrected chi connectivity index (χ0v) is 14.0. The first-order valence-electron chi connectivity index (χ1n) is 8.64. The van der Waals surface area contributed by atoms with E-state index in [1.165, 1.54) is 12.1 Å². The van der Waals surface area contributed by atoms with Crippen molar-refractivity contribution >= 4 is 5.91 Å². The predicted molar refractivity (Wildman–Crippen MR) is 92.1 cm³/mol. The molecule has 1 aromatic carbocycles. The van der Waals surface area contributed by atoms with Crippen molar-refractivity contribution in [2.75, 3.05) is 6.54 Å². The predicted octanol–water partition coefficient (Wildman–Crippen LogP) is 3.95. The Balaban J connectivity index is 1.89. The minimum Gasteiger partial charge on any atom is -0.339 e. The van der Waals surface area contributed by atoms with Gasteiger partial charge in [-0.25, -0.2) is 4.39 Å². The first-order chi connectivity index (χ1) is 11.7. The lowest BCUT2D eigenvalue weighted by atomic mass is 9.91. The average Bonchev–Trinajstić information content (AvgIpc) is 3.10. The van der Waals surface area contributed by atoms with Gasteiger partial charge in [0, 0.05) is 25.0 Å². The Morgan fingerprint density at radius 2 is 2.12 bits per heavy atom. The number of carbonyl (C=O) groups is 1. The molecule has 1 aliphatic heterocycles. The Morgan fingerprint density at radius 3 is 2.79 bits per heavy atom. The van der Waals surface area contributed by atoms with E-state index in [1.54, 1.807) is 24.5 Å². The van der Waals surface area contributed by atoms with E-state index in [2.05, 4.69) is 11.9 Å². The molecule has 2 aromatic rings. The quantitative estimate of drug-likeness (QED) is 0.833. The molecular formula is C20H23FN2O. The molecule has 4 heteroatoms. The fraction of sp³-hybridized carbons (Fsp3) is 0.400. The summed E-state index contributed by atoms with van der Waals surface area (Å²) in [7, 11) is 0. The van der Waals surface area contributed by atoms with Crippen molar-refractivity contribution in [3.63, 3.8) is 0 Å². The smallest absolute Gasteiger partial charge is 0.230 e. The molecule has 0 N–H and O–H groups in total. The number of carbonyl (C=O) groups excluding carboxylic acids is 1. The number of hydrogen-bond acceptors (Lipinski definition) is 2. The van der Waals surface area contributed by atoms with E-state index in [9.17, 15) is 9.18 Å². The van der Waals surface area contributed by atoms with Gasteiger partial charge in [0.1, 0.15) is 5.82 Å². The summed E-state index contributed by atoms with van der Waals surface area (Å²) in [6.07, 6.45) is 7.23. The van der Waals surface area contributed by atoms with Gasteiger partial charge in [-0.05, 0) is 55.0 Å². The molecule has 1 fully saturated rings. The summed E-state index contributed by atoms with van der Waals surface area (Å²) in [5.41, 5.74) is 1.89. The maximum Gasteiger partial charge on any atom is 0.230 e. The highest BCUT2D eigenvalue weighted by Crippen LogP contribution is 2.29. The zero-order valence-electron chi connectivity index (χ0n) is 14.0. The Morgan fingerprint density at radius 1 is 1.33 bits per heavy atom. The fourth-order valence-corrected chi connectivity index (χ4v) is 3.55. The van der Waals surface area contributed by atoms with Crippen LogP contribution in [0.1, 0.15) is 43.2 Å². The van der Waals surface area contributed by atoms with Crippen LogP contribution in [0.5, 0.6) is 0 Å². The lowest BCUT2D eigenvalue weighted by Gasteiger charge is -2.28. The third kappa shape index (κ3) is 3.64.